The van der Waals surface area contributed by atoms with Gasteiger partial charge in [0.25, 0.3) is 0 Å². The first-order valence-corrected chi connectivity index (χ1v) is 8.37. The second kappa shape index (κ2) is 7.82. The summed E-state index contributed by atoms with van der Waals surface area (Å²) < 4.78 is 5.50. The van der Waals surface area contributed by atoms with Crippen LogP contribution in [0.25, 0.3) is 11.4 Å². The molecule has 0 aliphatic rings. The molecule has 0 fully saturated rings. The zero-order chi connectivity index (χ0) is 17.8. The van der Waals surface area contributed by atoms with Crippen molar-refractivity contribution in [2.24, 2.45) is 0 Å². The molecule has 3 rings (SSSR count). The predicted molar refractivity (Wildman–Crippen MR) is 96.0 cm³/mol. The van der Waals surface area contributed by atoms with Crippen LogP contribution in [0.15, 0.2) is 42.5 Å². The number of aliphatic hydroxyl groups is 1. The minimum atomic E-state index is -0.824. The smallest absolute Gasteiger partial charge is 0.204 e. The number of aliphatic hydroxyl groups excluding tert-OH is 1. The van der Waals surface area contributed by atoms with Crippen LogP contribution in [0.3, 0.4) is 0 Å². The summed E-state index contributed by atoms with van der Waals surface area (Å²) in [5.74, 6) is 0.922. The number of aryl methyl sites for hydroxylation is 1. The average Bonchev–Trinajstić information content (AvgIpc) is 3.05. The molecule has 0 radical (unpaired) electrons. The van der Waals surface area contributed by atoms with Gasteiger partial charge in [0.2, 0.25) is 5.82 Å². The Kier molecular flexibility index (Phi) is 5.53. The molecule has 3 aromatic rings. The lowest BCUT2D eigenvalue weighted by Gasteiger charge is -2.12. The first-order valence-electron chi connectivity index (χ1n) is 7.62. The SMILES string of the molecule is Cc1ccc(-c2nnn(C[C@@H](O)COc3cc(Cl)ccc3Cl)n2)cc1. The Morgan fingerprint density at radius 1 is 1.16 bits per heavy atom. The monoisotopic (exact) mass is 378 g/mol. The molecule has 1 aromatic heterocycles. The number of aromatic nitrogens is 4. The number of halogens is 2. The molecule has 2 aromatic carbocycles. The van der Waals surface area contributed by atoms with Crippen molar-refractivity contribution in [1.29, 1.82) is 0 Å². The maximum Gasteiger partial charge on any atom is 0.204 e. The molecule has 0 bridgehead atoms. The summed E-state index contributed by atoms with van der Waals surface area (Å²) in [5.41, 5.74) is 2.02. The van der Waals surface area contributed by atoms with Gasteiger partial charge in [-0.15, -0.1) is 10.2 Å². The number of rotatable bonds is 6. The van der Waals surface area contributed by atoms with Crippen LogP contribution < -0.4 is 4.74 Å². The summed E-state index contributed by atoms with van der Waals surface area (Å²) in [7, 11) is 0. The molecule has 1 heterocycles. The second-order valence-electron chi connectivity index (χ2n) is 5.57. The van der Waals surface area contributed by atoms with Crippen LogP contribution >= 0.6 is 23.2 Å². The van der Waals surface area contributed by atoms with Gasteiger partial charge in [0, 0.05) is 16.7 Å². The van der Waals surface area contributed by atoms with E-state index in [2.05, 4.69) is 15.4 Å². The summed E-state index contributed by atoms with van der Waals surface area (Å²) in [4.78, 5) is 1.34. The van der Waals surface area contributed by atoms with E-state index in [-0.39, 0.29) is 13.2 Å². The zero-order valence-corrected chi connectivity index (χ0v) is 14.9. The third-order valence-electron chi connectivity index (χ3n) is 3.46. The van der Waals surface area contributed by atoms with Gasteiger partial charge in [0.05, 0.1) is 11.6 Å². The maximum atomic E-state index is 10.1. The number of tetrazole rings is 1. The summed E-state index contributed by atoms with van der Waals surface area (Å²) in [6, 6.07) is 12.7. The standard InChI is InChI=1S/C17H16Cl2N4O2/c1-11-2-4-12(5-3-11)17-20-22-23(21-17)9-14(24)10-25-16-8-13(18)6-7-15(16)19/h2-8,14,24H,9-10H2,1H3/t14-/m1/s1. The normalized spacial score (nSPS) is 12.2. The Morgan fingerprint density at radius 3 is 2.68 bits per heavy atom. The molecule has 0 aliphatic heterocycles. The first kappa shape index (κ1) is 17.7. The predicted octanol–water partition coefficient (Wildman–Crippen LogP) is 3.40. The summed E-state index contributed by atoms with van der Waals surface area (Å²) in [5, 5.41) is 23.3. The molecule has 1 N–H and O–H groups in total. The molecule has 1 atom stereocenters. The van der Waals surface area contributed by atoms with E-state index in [1.54, 1.807) is 18.2 Å². The zero-order valence-electron chi connectivity index (χ0n) is 13.4. The van der Waals surface area contributed by atoms with Gasteiger partial charge in [0.15, 0.2) is 0 Å². The highest BCUT2D eigenvalue weighted by Crippen LogP contribution is 2.27. The highest BCUT2D eigenvalue weighted by atomic mass is 35.5. The minimum Gasteiger partial charge on any atom is -0.489 e. The lowest BCUT2D eigenvalue weighted by molar-refractivity contribution is 0.0850. The fourth-order valence-corrected chi connectivity index (χ4v) is 2.49. The molecule has 0 amide bonds. The molecule has 0 saturated carbocycles. The van der Waals surface area contributed by atoms with Crippen molar-refractivity contribution in [3.63, 3.8) is 0 Å². The maximum absolute atomic E-state index is 10.1. The third-order valence-corrected chi connectivity index (χ3v) is 4.01. The van der Waals surface area contributed by atoms with Crippen molar-refractivity contribution in [3.8, 4) is 17.1 Å². The molecular formula is C17H16Cl2N4O2. The topological polar surface area (TPSA) is 73.1 Å². The van der Waals surface area contributed by atoms with Crippen LogP contribution in [-0.2, 0) is 6.54 Å². The van der Waals surface area contributed by atoms with E-state index in [0.717, 1.165) is 11.1 Å². The van der Waals surface area contributed by atoms with Crippen LogP contribution in [0.5, 0.6) is 5.75 Å². The fourth-order valence-electron chi connectivity index (χ4n) is 2.15. The van der Waals surface area contributed by atoms with Crippen molar-refractivity contribution in [3.05, 3.63) is 58.1 Å². The van der Waals surface area contributed by atoms with E-state index in [9.17, 15) is 5.11 Å². The highest BCUT2D eigenvalue weighted by molar-refractivity contribution is 6.34. The Bertz CT molecular complexity index is 852. The number of hydrogen-bond acceptors (Lipinski definition) is 5. The van der Waals surface area contributed by atoms with Crippen LogP contribution in [0, 0.1) is 6.92 Å². The van der Waals surface area contributed by atoms with Gasteiger partial charge in [-0.3, -0.25) is 0 Å². The number of nitrogens with zero attached hydrogens (tertiary/aromatic N) is 4. The van der Waals surface area contributed by atoms with Crippen LogP contribution in [-0.4, -0.2) is 38.0 Å². The van der Waals surface area contributed by atoms with Gasteiger partial charge in [-0.25, -0.2) is 0 Å². The molecule has 25 heavy (non-hydrogen) atoms. The highest BCUT2D eigenvalue weighted by Gasteiger charge is 2.12. The largest absolute Gasteiger partial charge is 0.489 e. The van der Waals surface area contributed by atoms with Crippen molar-refractivity contribution in [2.45, 2.75) is 19.6 Å². The first-order chi connectivity index (χ1) is 12.0. The van der Waals surface area contributed by atoms with E-state index >= 15 is 0 Å². The lowest BCUT2D eigenvalue weighted by atomic mass is 10.1. The summed E-state index contributed by atoms with van der Waals surface area (Å²) in [6.07, 6.45) is -0.824. The fraction of sp³-hybridized carbons (Fsp3) is 0.235. The number of ether oxygens (including phenoxy) is 1. The van der Waals surface area contributed by atoms with Crippen LogP contribution in [0.4, 0.5) is 0 Å². The Morgan fingerprint density at radius 2 is 1.92 bits per heavy atom. The van der Waals surface area contributed by atoms with E-state index in [1.165, 1.54) is 4.80 Å². The summed E-state index contributed by atoms with van der Waals surface area (Å²) >= 11 is 11.9. The molecular weight excluding hydrogens is 363 g/mol. The van der Waals surface area contributed by atoms with Gasteiger partial charge in [-0.2, -0.15) is 4.80 Å². The lowest BCUT2D eigenvalue weighted by Crippen LogP contribution is -2.25. The van der Waals surface area contributed by atoms with E-state index < -0.39 is 6.10 Å². The van der Waals surface area contributed by atoms with Crippen molar-refractivity contribution < 1.29 is 9.84 Å². The molecule has 0 aliphatic carbocycles. The molecule has 6 nitrogen and oxygen atoms in total. The Labute approximate surface area is 155 Å². The van der Waals surface area contributed by atoms with E-state index in [0.29, 0.717) is 21.6 Å². The van der Waals surface area contributed by atoms with Crippen molar-refractivity contribution in [2.75, 3.05) is 6.61 Å². The average molecular weight is 379 g/mol. The molecule has 130 valence electrons. The minimum absolute atomic E-state index is 0.0292. The van der Waals surface area contributed by atoms with Gasteiger partial charge >= 0.3 is 0 Å². The van der Waals surface area contributed by atoms with Crippen LogP contribution in [0.1, 0.15) is 5.56 Å². The van der Waals surface area contributed by atoms with Gasteiger partial charge in [-0.1, -0.05) is 53.0 Å². The molecule has 8 heteroatoms. The van der Waals surface area contributed by atoms with Crippen molar-refractivity contribution >= 4 is 23.2 Å². The number of hydrogen-bond donors (Lipinski definition) is 1. The molecule has 0 unspecified atom stereocenters. The summed E-state index contributed by atoms with van der Waals surface area (Å²) in [6.45, 7) is 2.19. The molecule has 0 saturated heterocycles. The Balaban J connectivity index is 1.59. The van der Waals surface area contributed by atoms with Gasteiger partial charge in [0.1, 0.15) is 18.5 Å². The van der Waals surface area contributed by atoms with Gasteiger partial charge in [-0.05, 0) is 24.3 Å². The number of benzene rings is 2. The van der Waals surface area contributed by atoms with E-state index in [4.69, 9.17) is 27.9 Å². The quantitative estimate of drug-likeness (QED) is 0.711. The van der Waals surface area contributed by atoms with Crippen LogP contribution in [0.2, 0.25) is 10.0 Å². The third kappa shape index (κ3) is 4.69. The second-order valence-corrected chi connectivity index (χ2v) is 6.42. The molecule has 0 spiro atoms. The Hall–Kier alpha value is -2.15. The van der Waals surface area contributed by atoms with Gasteiger partial charge < -0.3 is 9.84 Å². The van der Waals surface area contributed by atoms with Crippen molar-refractivity contribution in [1.82, 2.24) is 20.2 Å². The van der Waals surface area contributed by atoms with E-state index in [1.807, 2.05) is 31.2 Å².